The smallest absolute Gasteiger partial charge is 0.410 e. The summed E-state index contributed by atoms with van der Waals surface area (Å²) >= 11 is 6.95. The molecule has 13 heteroatoms. The molecule has 2 aliphatic rings. The number of hydrogen-bond donors (Lipinski definition) is 0. The van der Waals surface area contributed by atoms with Gasteiger partial charge in [-0.2, -0.15) is 0 Å². The Morgan fingerprint density at radius 2 is 1.88 bits per heavy atom. The first-order valence-electron chi connectivity index (χ1n) is 17.4. The minimum Gasteiger partial charge on any atom is -0.496 e. The van der Waals surface area contributed by atoms with E-state index in [4.69, 9.17) is 30.2 Å². The van der Waals surface area contributed by atoms with E-state index >= 15 is 9.18 Å². The number of methoxy groups -OCH3 is 1. The maximum absolute atomic E-state index is 15.6. The molecule has 6 rings (SSSR count). The fourth-order valence-corrected chi connectivity index (χ4v) is 6.83. The van der Waals surface area contributed by atoms with Crippen molar-refractivity contribution in [2.75, 3.05) is 37.0 Å². The monoisotopic (exact) mass is 693 g/mol. The number of halogens is 2. The standard InChI is InChI=1S/C36H40ClFN6O5/c1-18(2)27-29(19(3)13-14-39-27)44-32-21(15-22(37)28(40-32)26-23(38)11-10-12-25(26)48-9)30-31(34(44)46)41(8)33(45)24-17-42(20(4)16-43(24)30)35(47)49-36(5,6)7/h10-15,18,20,24H,16-17H2,1-9H3/t20-,24-/m1/s1/i8D3. The minimum absolute atomic E-state index is 0.0206. The summed E-state index contributed by atoms with van der Waals surface area (Å²) < 4.78 is 53.5. The summed E-state index contributed by atoms with van der Waals surface area (Å²) in [6.07, 6.45) is 0.939. The number of piperazine rings is 1. The van der Waals surface area contributed by atoms with Crippen LogP contribution in [0.5, 0.6) is 5.75 Å². The zero-order valence-corrected chi connectivity index (χ0v) is 29.3. The van der Waals surface area contributed by atoms with Crippen molar-refractivity contribution in [3.63, 3.8) is 0 Å². The molecule has 0 N–H and O–H groups in total. The van der Waals surface area contributed by atoms with E-state index in [1.807, 2.05) is 13.8 Å². The van der Waals surface area contributed by atoms with Gasteiger partial charge in [-0.15, -0.1) is 0 Å². The largest absolute Gasteiger partial charge is 0.496 e. The zero-order valence-electron chi connectivity index (χ0n) is 31.6. The third-order valence-electron chi connectivity index (χ3n) is 8.79. The first-order chi connectivity index (χ1) is 24.3. The van der Waals surface area contributed by atoms with Crippen molar-refractivity contribution in [3.05, 3.63) is 69.0 Å². The zero-order chi connectivity index (χ0) is 38.2. The van der Waals surface area contributed by atoms with Crippen LogP contribution in [-0.2, 0) is 9.53 Å². The lowest BCUT2D eigenvalue weighted by Gasteiger charge is -2.49. The van der Waals surface area contributed by atoms with Crippen LogP contribution in [0.15, 0.2) is 41.3 Å². The molecule has 0 bridgehead atoms. The van der Waals surface area contributed by atoms with E-state index in [9.17, 15) is 9.59 Å². The van der Waals surface area contributed by atoms with Gasteiger partial charge >= 0.3 is 6.09 Å². The summed E-state index contributed by atoms with van der Waals surface area (Å²) in [6.45, 7) is 9.18. The number of likely N-dealkylation sites (N-methyl/N-ethyl adjacent to an activating group) is 1. The number of aromatic nitrogens is 3. The molecule has 0 aliphatic carbocycles. The van der Waals surface area contributed by atoms with E-state index in [2.05, 4.69) is 4.98 Å². The molecule has 1 aromatic carbocycles. The molecule has 0 radical (unpaired) electrons. The fourth-order valence-electron chi connectivity index (χ4n) is 6.59. The molecule has 3 aromatic heterocycles. The van der Waals surface area contributed by atoms with Crippen molar-refractivity contribution in [3.8, 4) is 22.7 Å². The minimum atomic E-state index is -3.12. The fraction of sp³-hybridized carbons (Fsp3) is 0.417. The number of nitrogens with zero attached hydrogens (tertiary/aromatic N) is 6. The van der Waals surface area contributed by atoms with Crippen LogP contribution in [0.4, 0.5) is 20.6 Å². The number of carbonyl (C=O) groups is 2. The number of amides is 2. The highest BCUT2D eigenvalue weighted by molar-refractivity contribution is 6.34. The van der Waals surface area contributed by atoms with E-state index in [1.165, 1.54) is 34.8 Å². The van der Waals surface area contributed by atoms with Crippen LogP contribution in [0.3, 0.4) is 0 Å². The number of anilines is 2. The Balaban J connectivity index is 1.75. The quantitative estimate of drug-likeness (QED) is 0.239. The lowest BCUT2D eigenvalue weighted by Crippen LogP contribution is -2.66. The van der Waals surface area contributed by atoms with Gasteiger partial charge in [-0.1, -0.05) is 31.5 Å². The molecule has 2 amide bonds. The Bertz CT molecular complexity index is 2190. The van der Waals surface area contributed by atoms with Gasteiger partial charge in [-0.05, 0) is 70.4 Å². The van der Waals surface area contributed by atoms with Gasteiger partial charge in [-0.25, -0.2) is 14.2 Å². The Morgan fingerprint density at radius 1 is 1.14 bits per heavy atom. The molecule has 1 saturated heterocycles. The third-order valence-corrected chi connectivity index (χ3v) is 9.08. The van der Waals surface area contributed by atoms with Crippen LogP contribution < -0.4 is 20.1 Å². The van der Waals surface area contributed by atoms with Crippen LogP contribution in [0.1, 0.15) is 62.8 Å². The molecule has 4 aromatic rings. The molecule has 0 unspecified atom stereocenters. The topological polar surface area (TPSA) is 110 Å². The predicted octanol–water partition coefficient (Wildman–Crippen LogP) is 6.47. The summed E-state index contributed by atoms with van der Waals surface area (Å²) in [7, 11) is 1.38. The van der Waals surface area contributed by atoms with Crippen molar-refractivity contribution in [1.29, 1.82) is 0 Å². The normalized spacial score (nSPS) is 19.0. The van der Waals surface area contributed by atoms with Gasteiger partial charge in [0.1, 0.15) is 28.9 Å². The van der Waals surface area contributed by atoms with Gasteiger partial charge in [0.2, 0.25) is 0 Å². The molecule has 258 valence electrons. The predicted molar refractivity (Wildman–Crippen MR) is 188 cm³/mol. The van der Waals surface area contributed by atoms with Crippen LogP contribution >= 0.6 is 11.6 Å². The van der Waals surface area contributed by atoms with E-state index in [1.54, 1.807) is 57.8 Å². The van der Waals surface area contributed by atoms with Crippen molar-refractivity contribution >= 4 is 46.0 Å². The summed E-state index contributed by atoms with van der Waals surface area (Å²) in [5.74, 6) is -1.63. The van der Waals surface area contributed by atoms with Gasteiger partial charge < -0.3 is 24.2 Å². The maximum Gasteiger partial charge on any atom is 0.410 e. The molecule has 2 aliphatic heterocycles. The van der Waals surface area contributed by atoms with Crippen LogP contribution in [-0.4, -0.2) is 76.3 Å². The Hall–Kier alpha value is -4.71. The Morgan fingerprint density at radius 3 is 2.53 bits per heavy atom. The Kier molecular flexibility index (Phi) is 7.63. The second kappa shape index (κ2) is 12.3. The van der Waals surface area contributed by atoms with E-state index in [-0.39, 0.29) is 57.8 Å². The summed E-state index contributed by atoms with van der Waals surface area (Å²) in [4.78, 5) is 55.9. The average molecular weight is 694 g/mol. The first kappa shape index (κ1) is 30.4. The van der Waals surface area contributed by atoms with Gasteiger partial charge in [-0.3, -0.25) is 19.1 Å². The van der Waals surface area contributed by atoms with Crippen LogP contribution in [0, 0.1) is 12.7 Å². The number of fused-ring (bicyclic) bond motifs is 5. The number of hydrogen-bond acceptors (Lipinski definition) is 8. The van der Waals surface area contributed by atoms with Crippen molar-refractivity contribution in [2.24, 2.45) is 0 Å². The van der Waals surface area contributed by atoms with Gasteiger partial charge in [0, 0.05) is 35.3 Å². The average Bonchev–Trinajstić information content (AvgIpc) is 3.03. The molecular formula is C36H40ClFN6O5. The molecule has 49 heavy (non-hydrogen) atoms. The molecule has 5 heterocycles. The highest BCUT2D eigenvalue weighted by Gasteiger charge is 2.47. The maximum atomic E-state index is 15.6. The number of carbonyl (C=O) groups excluding carboxylic acids is 2. The summed E-state index contributed by atoms with van der Waals surface area (Å²) in [6, 6.07) is 5.71. The molecule has 2 atom stereocenters. The number of pyridine rings is 3. The highest BCUT2D eigenvalue weighted by atomic mass is 35.5. The second-order valence-electron chi connectivity index (χ2n) is 13.7. The lowest BCUT2D eigenvalue weighted by atomic mass is 9.98. The highest BCUT2D eigenvalue weighted by Crippen LogP contribution is 2.45. The van der Waals surface area contributed by atoms with Crippen molar-refractivity contribution in [2.45, 2.75) is 72.1 Å². The van der Waals surface area contributed by atoms with Crippen LogP contribution in [0.25, 0.3) is 28.0 Å². The van der Waals surface area contributed by atoms with Gasteiger partial charge in [0.05, 0.1) is 47.0 Å². The molecule has 0 spiro atoms. The van der Waals surface area contributed by atoms with E-state index in [0.717, 1.165) is 0 Å². The number of aryl methyl sites for hydroxylation is 1. The van der Waals surface area contributed by atoms with Crippen LogP contribution in [0.2, 0.25) is 5.02 Å². The SMILES string of the molecule is [2H]C([2H])([2H])N1C(=O)[C@H]2CN(C(=O)OC(C)(C)C)[C@H](C)CN2c2c1c(=O)n(-c1c(C)ccnc1C(C)C)c1nc(-c3c(F)cccc3OC)c(Cl)cc21. The summed E-state index contributed by atoms with van der Waals surface area (Å²) in [5.41, 5.74) is -0.585. The van der Waals surface area contributed by atoms with Gasteiger partial charge in [0.15, 0.2) is 5.65 Å². The molecule has 1 fully saturated rings. The second-order valence-corrected chi connectivity index (χ2v) is 14.1. The third kappa shape index (κ3) is 5.65. The van der Waals surface area contributed by atoms with Gasteiger partial charge in [0.25, 0.3) is 11.5 Å². The van der Waals surface area contributed by atoms with E-state index in [0.29, 0.717) is 21.8 Å². The van der Waals surface area contributed by atoms with Crippen molar-refractivity contribution in [1.82, 2.24) is 19.4 Å². The Labute approximate surface area is 293 Å². The van der Waals surface area contributed by atoms with E-state index < -0.39 is 53.7 Å². The number of rotatable bonds is 4. The van der Waals surface area contributed by atoms with Crippen molar-refractivity contribution < 1.29 is 27.6 Å². The molecule has 0 saturated carbocycles. The number of benzene rings is 1. The molecular weight excluding hydrogens is 651 g/mol. The number of ether oxygens (including phenoxy) is 2. The molecule has 11 nitrogen and oxygen atoms in total. The first-order valence-corrected chi connectivity index (χ1v) is 16.3. The lowest BCUT2D eigenvalue weighted by molar-refractivity contribution is -0.121. The summed E-state index contributed by atoms with van der Waals surface area (Å²) in [5, 5.41) is 0.200.